The average molecular weight is 411 g/mol. The minimum atomic E-state index is -3.48. The molecule has 0 N–H and O–H groups in total. The Hall–Kier alpha value is -1.11. The Morgan fingerprint density at radius 2 is 1.81 bits per heavy atom. The van der Waals surface area contributed by atoms with Crippen molar-refractivity contribution in [3.05, 3.63) is 29.3 Å². The molecule has 2 saturated carbocycles. The molecule has 148 valence electrons. The van der Waals surface area contributed by atoms with Crippen LogP contribution in [0.2, 0.25) is 5.02 Å². The molecule has 0 spiro atoms. The van der Waals surface area contributed by atoms with Crippen molar-refractivity contribution in [3.8, 4) is 0 Å². The van der Waals surface area contributed by atoms with Crippen LogP contribution < -0.4 is 4.90 Å². The number of carbonyl (C=O) groups excluding carboxylic acids is 1. The maximum atomic E-state index is 13.2. The summed E-state index contributed by atoms with van der Waals surface area (Å²) in [4.78, 5) is 14.8. The van der Waals surface area contributed by atoms with Gasteiger partial charge in [-0.1, -0.05) is 37.6 Å². The van der Waals surface area contributed by atoms with Crippen LogP contribution >= 0.6 is 11.6 Å². The highest BCUT2D eigenvalue weighted by molar-refractivity contribution is 7.89. The number of Topliss-reactive ketones (excluding diaryl/α,β-unsaturated/α-hetero) is 1. The molecule has 5 nitrogen and oxygen atoms in total. The Balaban J connectivity index is 1.48. The van der Waals surface area contributed by atoms with Gasteiger partial charge in [0, 0.05) is 38.0 Å². The van der Waals surface area contributed by atoms with E-state index in [-0.39, 0.29) is 17.0 Å². The molecule has 0 amide bonds. The fraction of sp³-hybridized carbons (Fsp3) is 0.650. The number of carbonyl (C=O) groups is 1. The monoisotopic (exact) mass is 410 g/mol. The molecule has 3 fully saturated rings. The van der Waals surface area contributed by atoms with E-state index in [4.69, 9.17) is 11.6 Å². The van der Waals surface area contributed by atoms with Crippen LogP contribution in [-0.4, -0.2) is 50.4 Å². The molecule has 1 saturated heterocycles. The van der Waals surface area contributed by atoms with E-state index < -0.39 is 15.4 Å². The van der Waals surface area contributed by atoms with Crippen molar-refractivity contribution in [3.63, 3.8) is 0 Å². The number of nitrogens with zero attached hydrogens (tertiary/aromatic N) is 2. The number of piperazine rings is 1. The number of anilines is 1. The third kappa shape index (κ3) is 2.91. The van der Waals surface area contributed by atoms with Gasteiger partial charge in [0.2, 0.25) is 10.0 Å². The first-order chi connectivity index (χ1) is 12.7. The number of para-hydroxylation sites is 1. The van der Waals surface area contributed by atoms with Gasteiger partial charge < -0.3 is 4.90 Å². The highest BCUT2D eigenvalue weighted by Gasteiger charge is 2.65. The van der Waals surface area contributed by atoms with Gasteiger partial charge in [-0.25, -0.2) is 8.42 Å². The van der Waals surface area contributed by atoms with Crippen molar-refractivity contribution in [2.75, 3.05) is 36.8 Å². The Kier molecular flexibility index (Phi) is 4.60. The van der Waals surface area contributed by atoms with Crippen LogP contribution in [0.25, 0.3) is 0 Å². The molecule has 1 aromatic rings. The quantitative estimate of drug-likeness (QED) is 0.764. The van der Waals surface area contributed by atoms with Gasteiger partial charge in [0.05, 0.1) is 16.5 Å². The summed E-state index contributed by atoms with van der Waals surface area (Å²) in [5.74, 6) is 0.452. The molecule has 1 aliphatic heterocycles. The predicted molar refractivity (Wildman–Crippen MR) is 108 cm³/mol. The Morgan fingerprint density at radius 3 is 2.37 bits per heavy atom. The minimum absolute atomic E-state index is 0.0333. The van der Waals surface area contributed by atoms with E-state index >= 15 is 0 Å². The first-order valence-corrected chi connectivity index (χ1v) is 11.7. The minimum Gasteiger partial charge on any atom is -0.368 e. The van der Waals surface area contributed by atoms with Gasteiger partial charge in [-0.05, 0) is 36.3 Å². The Labute approximate surface area is 166 Å². The summed E-state index contributed by atoms with van der Waals surface area (Å²) >= 11 is 6.28. The Bertz CT molecular complexity index is 862. The lowest BCUT2D eigenvalue weighted by Gasteiger charge is -2.40. The number of fused-ring (bicyclic) bond motifs is 2. The number of hydrogen-bond acceptors (Lipinski definition) is 4. The lowest BCUT2D eigenvalue weighted by Crippen LogP contribution is -2.52. The lowest BCUT2D eigenvalue weighted by molar-refractivity contribution is -0.128. The third-order valence-corrected chi connectivity index (χ3v) is 9.72. The fourth-order valence-corrected chi connectivity index (χ4v) is 7.88. The molecule has 2 unspecified atom stereocenters. The van der Waals surface area contributed by atoms with Crippen LogP contribution in [0.5, 0.6) is 0 Å². The van der Waals surface area contributed by atoms with Gasteiger partial charge in [0.15, 0.2) is 0 Å². The second-order valence-electron chi connectivity index (χ2n) is 8.76. The Morgan fingerprint density at radius 1 is 1.15 bits per heavy atom. The molecule has 3 aliphatic rings. The SMILES string of the molecule is CC1(C)C2CCC1(CS(=O)(=O)N1CCN(c3ccccc3Cl)CC1)C(=O)C2. The maximum Gasteiger partial charge on any atom is 0.215 e. The van der Waals surface area contributed by atoms with Crippen LogP contribution in [0.4, 0.5) is 5.69 Å². The van der Waals surface area contributed by atoms with Crippen molar-refractivity contribution < 1.29 is 13.2 Å². The summed E-state index contributed by atoms with van der Waals surface area (Å²) in [6.07, 6.45) is 2.22. The van der Waals surface area contributed by atoms with Crippen LogP contribution in [0.1, 0.15) is 33.1 Å². The van der Waals surface area contributed by atoms with Gasteiger partial charge in [-0.2, -0.15) is 4.31 Å². The smallest absolute Gasteiger partial charge is 0.215 e. The van der Waals surface area contributed by atoms with E-state index in [2.05, 4.69) is 18.7 Å². The molecule has 7 heteroatoms. The van der Waals surface area contributed by atoms with Gasteiger partial charge >= 0.3 is 0 Å². The maximum absolute atomic E-state index is 13.2. The van der Waals surface area contributed by atoms with Gasteiger partial charge in [-0.3, -0.25) is 4.79 Å². The number of hydrogen-bond donors (Lipinski definition) is 0. The van der Waals surface area contributed by atoms with Gasteiger partial charge in [0.1, 0.15) is 5.78 Å². The zero-order valence-electron chi connectivity index (χ0n) is 15.9. The standard InChI is InChI=1S/C20H27ClN2O3S/c1-19(2)15-7-8-20(19,18(24)13-15)14-27(25,26)23-11-9-22(10-12-23)17-6-4-3-5-16(17)21/h3-6,15H,7-14H2,1-2H3. The van der Waals surface area contributed by atoms with Crippen LogP contribution in [0.15, 0.2) is 24.3 Å². The van der Waals surface area contributed by atoms with Crippen molar-refractivity contribution in [1.29, 1.82) is 0 Å². The molecule has 2 aliphatic carbocycles. The molecular weight excluding hydrogens is 384 g/mol. The summed E-state index contributed by atoms with van der Waals surface area (Å²) in [5.41, 5.74) is 0.0213. The van der Waals surface area contributed by atoms with Crippen LogP contribution in [0.3, 0.4) is 0 Å². The average Bonchev–Trinajstić information content (AvgIpc) is 2.96. The lowest BCUT2D eigenvalue weighted by atomic mass is 9.70. The summed E-state index contributed by atoms with van der Waals surface area (Å²) in [5, 5.41) is 0.683. The van der Waals surface area contributed by atoms with Crippen molar-refractivity contribution in [2.45, 2.75) is 33.1 Å². The summed E-state index contributed by atoms with van der Waals surface area (Å²) in [6.45, 7) is 6.25. The molecule has 1 aromatic carbocycles. The zero-order valence-corrected chi connectivity index (χ0v) is 17.5. The van der Waals surface area contributed by atoms with Crippen molar-refractivity contribution >= 4 is 33.1 Å². The first-order valence-electron chi connectivity index (χ1n) is 9.68. The van der Waals surface area contributed by atoms with Crippen molar-refractivity contribution in [2.24, 2.45) is 16.7 Å². The molecule has 2 bridgehead atoms. The molecule has 4 rings (SSSR count). The summed E-state index contributed by atoms with van der Waals surface area (Å²) in [6, 6.07) is 7.64. The van der Waals surface area contributed by atoms with E-state index in [0.29, 0.717) is 50.0 Å². The van der Waals surface area contributed by atoms with Crippen molar-refractivity contribution in [1.82, 2.24) is 4.31 Å². The fourth-order valence-electron chi connectivity index (χ4n) is 5.43. The number of rotatable bonds is 4. The largest absolute Gasteiger partial charge is 0.368 e. The topological polar surface area (TPSA) is 57.7 Å². The summed E-state index contributed by atoms with van der Waals surface area (Å²) < 4.78 is 28.0. The molecule has 1 heterocycles. The molecular formula is C20H27ClN2O3S. The second kappa shape index (κ2) is 6.46. The van der Waals surface area contributed by atoms with E-state index in [1.165, 1.54) is 0 Å². The number of sulfonamides is 1. The van der Waals surface area contributed by atoms with E-state index in [1.807, 2.05) is 24.3 Å². The normalized spacial score (nSPS) is 30.9. The number of ketones is 1. The highest BCUT2D eigenvalue weighted by Crippen LogP contribution is 2.64. The molecule has 27 heavy (non-hydrogen) atoms. The van der Waals surface area contributed by atoms with E-state index in [0.717, 1.165) is 12.1 Å². The highest BCUT2D eigenvalue weighted by atomic mass is 35.5. The third-order valence-electron chi connectivity index (χ3n) is 7.39. The number of benzene rings is 1. The zero-order chi connectivity index (χ0) is 19.4. The molecule has 2 atom stereocenters. The molecule has 0 radical (unpaired) electrons. The van der Waals surface area contributed by atoms with Crippen LogP contribution in [-0.2, 0) is 14.8 Å². The first kappa shape index (κ1) is 19.2. The number of halogens is 1. The molecule has 0 aromatic heterocycles. The second-order valence-corrected chi connectivity index (χ2v) is 11.1. The predicted octanol–water partition coefficient (Wildman–Crippen LogP) is 3.19. The van der Waals surface area contributed by atoms with E-state index in [1.54, 1.807) is 4.31 Å². The van der Waals surface area contributed by atoms with E-state index in [9.17, 15) is 13.2 Å². The summed E-state index contributed by atoms with van der Waals surface area (Å²) in [7, 11) is -3.48. The van der Waals surface area contributed by atoms with Gasteiger partial charge in [-0.15, -0.1) is 0 Å². The van der Waals surface area contributed by atoms with Crippen LogP contribution in [0, 0.1) is 16.7 Å². The van der Waals surface area contributed by atoms with Gasteiger partial charge in [0.25, 0.3) is 0 Å².